The van der Waals surface area contributed by atoms with Crippen LogP contribution in [0.2, 0.25) is 0 Å². The minimum Gasteiger partial charge on any atom is -0.490 e. The van der Waals surface area contributed by atoms with Crippen molar-refractivity contribution in [1.29, 1.82) is 0 Å². The lowest BCUT2D eigenvalue weighted by atomic mass is 10.0. The molecule has 0 unspecified atom stereocenters. The quantitative estimate of drug-likeness (QED) is 0.212. The molecule has 0 aliphatic heterocycles. The van der Waals surface area contributed by atoms with Gasteiger partial charge in [-0.3, -0.25) is 0 Å². The Morgan fingerprint density at radius 1 is 0.667 bits per heavy atom. The molecule has 1 aromatic heterocycles. The van der Waals surface area contributed by atoms with Crippen LogP contribution in [0.5, 0.6) is 11.6 Å². The summed E-state index contributed by atoms with van der Waals surface area (Å²) in [7, 11) is 0. The second-order valence-electron chi connectivity index (χ2n) is 7.93. The van der Waals surface area contributed by atoms with Crippen LogP contribution in [0.4, 0.5) is 4.39 Å². The van der Waals surface area contributed by atoms with E-state index in [1.807, 2.05) is 24.3 Å². The molecule has 0 atom stereocenters. The van der Waals surface area contributed by atoms with Gasteiger partial charge >= 0.3 is 0 Å². The van der Waals surface area contributed by atoms with E-state index < -0.39 is 0 Å². The molecule has 0 saturated heterocycles. The second kappa shape index (κ2) is 11.7. The van der Waals surface area contributed by atoms with Gasteiger partial charge in [-0.25, -0.2) is 9.37 Å². The number of ether oxygens (including phenoxy) is 2. The number of pyridine rings is 1. The number of unbranched alkanes of at least 4 members (excludes halogenated alkanes) is 7. The zero-order valence-electron chi connectivity index (χ0n) is 18.4. The first-order valence-electron chi connectivity index (χ1n) is 11.5. The topological polar surface area (TPSA) is 31.4 Å². The van der Waals surface area contributed by atoms with Gasteiger partial charge in [-0.2, -0.15) is 0 Å². The zero-order valence-corrected chi connectivity index (χ0v) is 18.4. The third-order valence-corrected chi connectivity index (χ3v) is 5.49. The Labute approximate surface area is 179 Å². The first kappa shape index (κ1) is 22.3. The Bertz CT molecular complexity index is 941. The maximum Gasteiger partial charge on any atom is 0.213 e. The van der Waals surface area contributed by atoms with E-state index in [0.717, 1.165) is 35.6 Å². The number of rotatable bonds is 13. The lowest BCUT2D eigenvalue weighted by Crippen LogP contribution is -2.00. The van der Waals surface area contributed by atoms with Gasteiger partial charge in [0.25, 0.3) is 0 Å². The summed E-state index contributed by atoms with van der Waals surface area (Å²) in [5.41, 5.74) is 0.817. The van der Waals surface area contributed by atoms with Crippen molar-refractivity contribution in [2.24, 2.45) is 0 Å². The number of fused-ring (bicyclic) bond motifs is 3. The fourth-order valence-corrected chi connectivity index (χ4v) is 3.73. The van der Waals surface area contributed by atoms with Gasteiger partial charge < -0.3 is 9.47 Å². The molecule has 3 nitrogen and oxygen atoms in total. The molecule has 0 saturated carbocycles. The average molecular weight is 412 g/mol. The molecule has 162 valence electrons. The van der Waals surface area contributed by atoms with Gasteiger partial charge in [0.05, 0.1) is 18.7 Å². The lowest BCUT2D eigenvalue weighted by molar-refractivity contribution is 0.291. The molecule has 4 heteroatoms. The second-order valence-corrected chi connectivity index (χ2v) is 7.93. The zero-order chi connectivity index (χ0) is 21.2. The average Bonchev–Trinajstić information content (AvgIpc) is 2.77. The summed E-state index contributed by atoms with van der Waals surface area (Å²) < 4.78 is 26.5. The smallest absolute Gasteiger partial charge is 0.213 e. The number of halogens is 1. The molecule has 0 aliphatic rings. The van der Waals surface area contributed by atoms with E-state index in [2.05, 4.69) is 18.8 Å². The van der Waals surface area contributed by atoms with Gasteiger partial charge in [0.15, 0.2) is 11.6 Å². The van der Waals surface area contributed by atoms with Gasteiger partial charge in [0.2, 0.25) is 5.88 Å². The normalized spacial score (nSPS) is 11.3. The Kier molecular flexibility index (Phi) is 8.73. The van der Waals surface area contributed by atoms with Crippen molar-refractivity contribution in [2.45, 2.75) is 71.6 Å². The van der Waals surface area contributed by atoms with E-state index in [9.17, 15) is 0 Å². The lowest BCUT2D eigenvalue weighted by Gasteiger charge is -2.11. The van der Waals surface area contributed by atoms with Crippen molar-refractivity contribution >= 4 is 21.7 Å². The van der Waals surface area contributed by atoms with Crippen LogP contribution in [0.15, 0.2) is 36.4 Å². The highest BCUT2D eigenvalue weighted by molar-refractivity contribution is 6.06. The van der Waals surface area contributed by atoms with E-state index in [0.29, 0.717) is 30.2 Å². The molecule has 0 N–H and O–H groups in total. The van der Waals surface area contributed by atoms with Gasteiger partial charge in [-0.1, -0.05) is 58.8 Å². The maximum absolute atomic E-state index is 15.0. The van der Waals surface area contributed by atoms with E-state index in [4.69, 9.17) is 9.47 Å². The Morgan fingerprint density at radius 2 is 1.30 bits per heavy atom. The molecule has 0 radical (unpaired) electrons. The Morgan fingerprint density at radius 3 is 2.07 bits per heavy atom. The van der Waals surface area contributed by atoms with E-state index >= 15 is 4.39 Å². The molecule has 1 heterocycles. The first-order valence-corrected chi connectivity index (χ1v) is 11.5. The van der Waals surface area contributed by atoms with Gasteiger partial charge in [0.1, 0.15) is 0 Å². The van der Waals surface area contributed by atoms with E-state index in [1.165, 1.54) is 38.5 Å². The molecule has 3 rings (SSSR count). The Balaban J connectivity index is 1.68. The first-order chi connectivity index (χ1) is 14.7. The van der Waals surface area contributed by atoms with Crippen LogP contribution in [0, 0.1) is 5.82 Å². The van der Waals surface area contributed by atoms with Gasteiger partial charge in [-0.05, 0) is 48.6 Å². The monoisotopic (exact) mass is 411 g/mol. The molecule has 0 amide bonds. The standard InChI is InChI=1S/C26H34FNO2/c1-3-5-7-9-11-18-29-24-16-13-20-21-14-17-25(30-19-10-8-6-4-2)28-23(21)15-12-22(20)26(24)27/h12-17H,3-11,18-19H2,1-2H3. The van der Waals surface area contributed by atoms with Crippen LogP contribution < -0.4 is 9.47 Å². The summed E-state index contributed by atoms with van der Waals surface area (Å²) >= 11 is 0. The van der Waals surface area contributed by atoms with Crippen LogP contribution in [0.25, 0.3) is 21.7 Å². The highest BCUT2D eigenvalue weighted by Crippen LogP contribution is 2.32. The van der Waals surface area contributed by atoms with Crippen molar-refractivity contribution in [1.82, 2.24) is 4.98 Å². The predicted molar refractivity (Wildman–Crippen MR) is 123 cm³/mol. The highest BCUT2D eigenvalue weighted by Gasteiger charge is 2.12. The molecule has 3 aromatic rings. The van der Waals surface area contributed by atoms with E-state index in [1.54, 1.807) is 12.1 Å². The summed E-state index contributed by atoms with van der Waals surface area (Å²) in [5.74, 6) is 0.665. The molecule has 2 aromatic carbocycles. The highest BCUT2D eigenvalue weighted by atomic mass is 19.1. The number of nitrogens with zero attached hydrogens (tertiary/aromatic N) is 1. The molecular weight excluding hydrogens is 377 g/mol. The van der Waals surface area contributed by atoms with Gasteiger partial charge in [0, 0.05) is 16.8 Å². The van der Waals surface area contributed by atoms with Crippen molar-refractivity contribution in [2.75, 3.05) is 13.2 Å². The molecular formula is C26H34FNO2. The number of hydrogen-bond donors (Lipinski definition) is 0. The third-order valence-electron chi connectivity index (χ3n) is 5.49. The number of benzene rings is 2. The van der Waals surface area contributed by atoms with Crippen molar-refractivity contribution < 1.29 is 13.9 Å². The Hall–Kier alpha value is -2.36. The summed E-state index contributed by atoms with van der Waals surface area (Å²) in [6.07, 6.45) is 10.4. The van der Waals surface area contributed by atoms with Crippen LogP contribution in [0.3, 0.4) is 0 Å². The van der Waals surface area contributed by atoms with Crippen molar-refractivity contribution in [3.05, 3.63) is 42.2 Å². The maximum atomic E-state index is 15.0. The van der Waals surface area contributed by atoms with Crippen LogP contribution in [-0.2, 0) is 0 Å². The number of hydrogen-bond acceptors (Lipinski definition) is 3. The summed E-state index contributed by atoms with van der Waals surface area (Å²) in [6.45, 7) is 5.63. The molecule has 30 heavy (non-hydrogen) atoms. The summed E-state index contributed by atoms with van der Waals surface area (Å²) in [4.78, 5) is 4.60. The minimum atomic E-state index is -0.292. The summed E-state index contributed by atoms with van der Waals surface area (Å²) in [5, 5.41) is 2.35. The van der Waals surface area contributed by atoms with Crippen LogP contribution in [-0.4, -0.2) is 18.2 Å². The van der Waals surface area contributed by atoms with Crippen molar-refractivity contribution in [3.63, 3.8) is 0 Å². The van der Waals surface area contributed by atoms with Crippen molar-refractivity contribution in [3.8, 4) is 11.6 Å². The van der Waals surface area contributed by atoms with Crippen LogP contribution >= 0.6 is 0 Å². The fraction of sp³-hybridized carbons (Fsp3) is 0.500. The SMILES string of the molecule is CCCCCCCOc1ccc2c(ccc3nc(OCCCCCC)ccc32)c1F. The third kappa shape index (κ3) is 5.84. The minimum absolute atomic E-state index is 0.292. The van der Waals surface area contributed by atoms with E-state index in [-0.39, 0.29) is 5.82 Å². The molecule has 0 fully saturated rings. The predicted octanol–water partition coefficient (Wildman–Crippen LogP) is 7.84. The largest absolute Gasteiger partial charge is 0.490 e. The molecule has 0 spiro atoms. The van der Waals surface area contributed by atoms with Gasteiger partial charge in [-0.15, -0.1) is 0 Å². The number of aromatic nitrogens is 1. The summed E-state index contributed by atoms with van der Waals surface area (Å²) in [6, 6.07) is 11.2. The van der Waals surface area contributed by atoms with Crippen LogP contribution in [0.1, 0.15) is 71.6 Å². The molecule has 0 aliphatic carbocycles. The molecule has 0 bridgehead atoms. The fourth-order valence-electron chi connectivity index (χ4n) is 3.73.